The number of nitrogens with zero attached hydrogens (tertiary/aromatic N) is 6. The van der Waals surface area contributed by atoms with Gasteiger partial charge in [-0.25, -0.2) is 14.4 Å². The fourth-order valence-electron chi connectivity index (χ4n) is 3.62. The molecule has 0 unspecified atom stereocenters. The average Bonchev–Trinajstić information content (AvgIpc) is 3.22. The lowest BCUT2D eigenvalue weighted by Gasteiger charge is -2.29. The lowest BCUT2D eigenvalue weighted by atomic mass is 10.2. The number of carbonyl (C=O) groups excluding carboxylic acids is 2. The number of anilines is 1. The molecule has 0 atom stereocenters. The topological polar surface area (TPSA) is 114 Å². The monoisotopic (exact) mass is 489 g/mol. The van der Waals surface area contributed by atoms with Gasteiger partial charge in [-0.2, -0.15) is 22.8 Å². The van der Waals surface area contributed by atoms with E-state index in [0.717, 1.165) is 33.8 Å². The number of halogens is 4. The van der Waals surface area contributed by atoms with Crippen molar-refractivity contribution < 1.29 is 27.2 Å². The number of likely N-dealkylation sites (tertiary alicyclic amines) is 1. The second-order valence-corrected chi connectivity index (χ2v) is 7.81. The van der Waals surface area contributed by atoms with Gasteiger partial charge >= 0.3 is 6.18 Å². The van der Waals surface area contributed by atoms with Gasteiger partial charge in [-0.3, -0.25) is 19.0 Å². The number of nitrogens with one attached hydrogen (secondary N) is 1. The van der Waals surface area contributed by atoms with E-state index in [1.54, 1.807) is 0 Å². The Morgan fingerprint density at radius 2 is 1.89 bits per heavy atom. The highest BCUT2D eigenvalue weighted by atomic mass is 19.4. The van der Waals surface area contributed by atoms with Gasteiger partial charge in [0.1, 0.15) is 29.5 Å². The van der Waals surface area contributed by atoms with E-state index in [2.05, 4.69) is 20.4 Å². The Morgan fingerprint density at radius 3 is 2.51 bits per heavy atom. The molecule has 1 aliphatic rings. The molecule has 1 N–H and O–H groups in total. The number of alkyl halides is 3. The summed E-state index contributed by atoms with van der Waals surface area (Å²) in [5.74, 6) is -1.76. The Morgan fingerprint density at radius 1 is 1.11 bits per heavy atom. The molecule has 1 aliphatic heterocycles. The number of hydrogen-bond acceptors (Lipinski definition) is 6. The molecule has 0 saturated carbocycles. The van der Waals surface area contributed by atoms with Crippen molar-refractivity contribution in [2.75, 3.05) is 18.4 Å². The smallest absolute Gasteiger partial charge is 0.337 e. The van der Waals surface area contributed by atoms with Crippen molar-refractivity contribution in [2.24, 2.45) is 0 Å². The summed E-state index contributed by atoms with van der Waals surface area (Å²) >= 11 is 0. The molecule has 0 aromatic carbocycles. The van der Waals surface area contributed by atoms with Gasteiger partial charge < -0.3 is 10.2 Å². The first-order chi connectivity index (χ1) is 16.6. The molecule has 0 aliphatic carbocycles. The van der Waals surface area contributed by atoms with Crippen LogP contribution in [0.2, 0.25) is 0 Å². The molecule has 2 amide bonds. The molecular formula is C21H15F4N7O3. The Balaban J connectivity index is 1.63. The fraction of sp³-hybridized carbons (Fsp3) is 0.238. The minimum atomic E-state index is -4.78. The Bertz CT molecular complexity index is 1540. The van der Waals surface area contributed by atoms with Crippen molar-refractivity contribution in [2.45, 2.75) is 19.1 Å². The summed E-state index contributed by atoms with van der Waals surface area (Å²) in [6, 6.07) is 5.13. The van der Waals surface area contributed by atoms with Gasteiger partial charge in [0.15, 0.2) is 11.3 Å². The van der Waals surface area contributed by atoms with Crippen LogP contribution in [0, 0.1) is 5.82 Å². The average molecular weight is 489 g/mol. The number of amides is 2. The fourth-order valence-corrected chi connectivity index (χ4v) is 3.62. The zero-order chi connectivity index (χ0) is 24.9. The quantitative estimate of drug-likeness (QED) is 0.439. The largest absolute Gasteiger partial charge is 0.433 e. The third-order valence-corrected chi connectivity index (χ3v) is 5.47. The summed E-state index contributed by atoms with van der Waals surface area (Å²) in [5, 5.41) is 6.29. The summed E-state index contributed by atoms with van der Waals surface area (Å²) in [6.45, 7) is 0.426. The van der Waals surface area contributed by atoms with Crippen molar-refractivity contribution >= 4 is 34.3 Å². The Labute approximate surface area is 192 Å². The van der Waals surface area contributed by atoms with E-state index in [1.807, 2.05) is 0 Å². The first kappa shape index (κ1) is 22.4. The maximum absolute atomic E-state index is 13.3. The highest BCUT2D eigenvalue weighted by molar-refractivity contribution is 5.95. The number of hydrogen-bond donors (Lipinski definition) is 1. The van der Waals surface area contributed by atoms with Gasteiger partial charge in [0.25, 0.3) is 11.5 Å². The van der Waals surface area contributed by atoms with Gasteiger partial charge in [-0.1, -0.05) is 0 Å². The lowest BCUT2D eigenvalue weighted by molar-refractivity contribution is -0.141. The van der Waals surface area contributed by atoms with Crippen LogP contribution in [-0.4, -0.2) is 54.0 Å². The van der Waals surface area contributed by atoms with E-state index in [9.17, 15) is 31.9 Å². The van der Waals surface area contributed by atoms with E-state index >= 15 is 0 Å². The highest BCUT2D eigenvalue weighted by Crippen LogP contribution is 2.28. The first-order valence-electron chi connectivity index (χ1n) is 10.3. The third kappa shape index (κ3) is 4.06. The summed E-state index contributed by atoms with van der Waals surface area (Å²) in [7, 11) is 0. The van der Waals surface area contributed by atoms with Crippen molar-refractivity contribution in [3.8, 4) is 0 Å². The predicted octanol–water partition coefficient (Wildman–Crippen LogP) is 2.08. The van der Waals surface area contributed by atoms with E-state index in [4.69, 9.17) is 0 Å². The van der Waals surface area contributed by atoms with Gasteiger partial charge in [0, 0.05) is 19.2 Å². The number of fused-ring (bicyclic) bond motifs is 3. The van der Waals surface area contributed by atoms with Crippen LogP contribution in [0.15, 0.2) is 41.3 Å². The minimum absolute atomic E-state index is 0.0277. The standard InChI is InChI=1S/C21H15F4N7O3/c22-11-2-5-15(26-9-11)28-16(33)10-31-17-8-13(20(35)30-6-1-7-30)29-32(17)18-12(19(31)34)3-4-14(27-18)21(23,24)25/h2-5,8-9H,1,6-7,10H2,(H,26,28,33). The molecule has 5 rings (SSSR count). The molecule has 35 heavy (non-hydrogen) atoms. The number of rotatable bonds is 4. The summed E-state index contributed by atoms with van der Waals surface area (Å²) in [5.41, 5.74) is -2.65. The van der Waals surface area contributed by atoms with Crippen LogP contribution in [0.1, 0.15) is 22.6 Å². The minimum Gasteiger partial charge on any atom is -0.337 e. The van der Waals surface area contributed by atoms with Gasteiger partial charge in [-0.15, -0.1) is 0 Å². The summed E-state index contributed by atoms with van der Waals surface area (Å²) in [4.78, 5) is 47.3. The van der Waals surface area contributed by atoms with Gasteiger partial charge in [0.2, 0.25) is 5.91 Å². The Hall–Kier alpha value is -4.36. The first-order valence-corrected chi connectivity index (χ1v) is 10.3. The molecule has 0 spiro atoms. The van der Waals surface area contributed by atoms with Crippen LogP contribution in [0.3, 0.4) is 0 Å². The number of aromatic nitrogens is 5. The normalized spacial score (nSPS) is 13.8. The van der Waals surface area contributed by atoms with Crippen molar-refractivity contribution in [3.05, 3.63) is 64.1 Å². The number of pyridine rings is 2. The van der Waals surface area contributed by atoms with Crippen LogP contribution in [-0.2, 0) is 17.5 Å². The van der Waals surface area contributed by atoms with E-state index < -0.39 is 47.3 Å². The van der Waals surface area contributed by atoms with Crippen LogP contribution in [0.4, 0.5) is 23.4 Å². The number of carbonyl (C=O) groups is 2. The second kappa shape index (κ2) is 8.14. The van der Waals surface area contributed by atoms with E-state index in [0.29, 0.717) is 19.2 Å². The Kier molecular flexibility index (Phi) is 5.22. The van der Waals surface area contributed by atoms with Gasteiger partial charge in [-0.05, 0) is 30.7 Å². The van der Waals surface area contributed by atoms with Crippen molar-refractivity contribution in [1.29, 1.82) is 0 Å². The van der Waals surface area contributed by atoms with Gasteiger partial charge in [0.05, 0.1) is 11.6 Å². The highest BCUT2D eigenvalue weighted by Gasteiger charge is 2.33. The third-order valence-electron chi connectivity index (χ3n) is 5.47. The van der Waals surface area contributed by atoms with E-state index in [-0.39, 0.29) is 22.5 Å². The maximum Gasteiger partial charge on any atom is 0.433 e. The maximum atomic E-state index is 13.3. The molecular weight excluding hydrogens is 474 g/mol. The van der Waals surface area contributed by atoms with Crippen molar-refractivity contribution in [3.63, 3.8) is 0 Å². The molecule has 0 radical (unpaired) electrons. The molecule has 1 saturated heterocycles. The predicted molar refractivity (Wildman–Crippen MR) is 113 cm³/mol. The molecule has 5 heterocycles. The van der Waals surface area contributed by atoms with Crippen LogP contribution >= 0.6 is 0 Å². The molecule has 10 nitrogen and oxygen atoms in total. The van der Waals surface area contributed by atoms with Crippen LogP contribution < -0.4 is 10.9 Å². The lowest BCUT2D eigenvalue weighted by Crippen LogP contribution is -2.42. The molecule has 14 heteroatoms. The molecule has 4 aromatic rings. The molecule has 4 aromatic heterocycles. The van der Waals surface area contributed by atoms with Crippen LogP contribution in [0.5, 0.6) is 0 Å². The zero-order valence-electron chi connectivity index (χ0n) is 17.7. The summed E-state index contributed by atoms with van der Waals surface area (Å²) in [6.07, 6.45) is -3.08. The molecule has 1 fully saturated rings. The molecule has 0 bridgehead atoms. The second-order valence-electron chi connectivity index (χ2n) is 7.81. The SMILES string of the molecule is O=C(Cn1c(=O)c2ccc(C(F)(F)F)nc2n2nc(C(=O)N3CCC3)cc12)Nc1ccc(F)cn1. The van der Waals surface area contributed by atoms with Crippen LogP contribution in [0.25, 0.3) is 16.7 Å². The summed E-state index contributed by atoms with van der Waals surface area (Å²) < 4.78 is 54.8. The van der Waals surface area contributed by atoms with Crippen molar-refractivity contribution in [1.82, 2.24) is 29.0 Å². The van der Waals surface area contributed by atoms with E-state index in [1.165, 1.54) is 17.0 Å². The zero-order valence-corrected chi connectivity index (χ0v) is 17.7. The molecule has 180 valence electrons.